The van der Waals surface area contributed by atoms with Gasteiger partial charge in [-0.2, -0.15) is 4.98 Å². The predicted octanol–water partition coefficient (Wildman–Crippen LogP) is 4.06. The molecule has 6 nitrogen and oxygen atoms in total. The molecule has 2 aromatic heterocycles. The van der Waals surface area contributed by atoms with Gasteiger partial charge in [0.25, 0.3) is 5.56 Å². The Kier molecular flexibility index (Phi) is 6.64. The zero-order chi connectivity index (χ0) is 20.1. The lowest BCUT2D eigenvalue weighted by molar-refractivity contribution is -0.115. The quantitative estimate of drug-likeness (QED) is 0.466. The second-order valence-electron chi connectivity index (χ2n) is 6.66. The van der Waals surface area contributed by atoms with Gasteiger partial charge in [0.05, 0.1) is 12.1 Å². The van der Waals surface area contributed by atoms with Gasteiger partial charge >= 0.3 is 0 Å². The molecule has 8 heteroatoms. The Morgan fingerprint density at radius 2 is 1.96 bits per heavy atom. The van der Waals surface area contributed by atoms with Crippen LogP contribution in [0.4, 0.5) is 5.69 Å². The summed E-state index contributed by atoms with van der Waals surface area (Å²) in [4.78, 5) is 32.4. The third kappa shape index (κ3) is 5.53. The van der Waals surface area contributed by atoms with E-state index < -0.39 is 0 Å². The number of benzene rings is 1. The number of rotatable bonds is 7. The molecule has 0 radical (unpaired) electrons. The number of aromatic nitrogens is 3. The minimum Gasteiger partial charge on any atom is -0.326 e. The van der Waals surface area contributed by atoms with Crippen LogP contribution in [-0.2, 0) is 17.0 Å². The Morgan fingerprint density at radius 1 is 1.21 bits per heavy atom. The Balaban J connectivity index is 1.58. The normalized spacial score (nSPS) is 11.0. The molecule has 146 valence electrons. The number of nitrogens with zero attached hydrogens (tertiary/aromatic N) is 3. The maximum absolute atomic E-state index is 12.2. The second kappa shape index (κ2) is 9.16. The summed E-state index contributed by atoms with van der Waals surface area (Å²) in [5, 5.41) is 6.27. The molecule has 28 heavy (non-hydrogen) atoms. The molecule has 1 N–H and O–H groups in total. The molecule has 0 aliphatic rings. The van der Waals surface area contributed by atoms with Crippen molar-refractivity contribution in [1.82, 2.24) is 14.5 Å². The highest BCUT2D eigenvalue weighted by molar-refractivity contribution is 7.98. The van der Waals surface area contributed by atoms with Crippen molar-refractivity contribution in [1.29, 1.82) is 0 Å². The van der Waals surface area contributed by atoms with E-state index in [4.69, 9.17) is 0 Å². The largest absolute Gasteiger partial charge is 0.326 e. The molecule has 3 aromatic rings. The van der Waals surface area contributed by atoms with E-state index in [1.165, 1.54) is 29.2 Å². The Bertz CT molecular complexity index is 1010. The van der Waals surface area contributed by atoms with Gasteiger partial charge in [-0.15, -0.1) is 11.3 Å². The van der Waals surface area contributed by atoms with Gasteiger partial charge in [0.2, 0.25) is 5.91 Å². The van der Waals surface area contributed by atoms with Gasteiger partial charge in [0.15, 0.2) is 5.16 Å². The summed E-state index contributed by atoms with van der Waals surface area (Å²) in [6.45, 7) is 6.10. The molecule has 3 rings (SSSR count). The van der Waals surface area contributed by atoms with Crippen molar-refractivity contribution >= 4 is 34.7 Å². The minimum atomic E-state index is -0.244. The maximum Gasteiger partial charge on any atom is 0.273 e. The van der Waals surface area contributed by atoms with Gasteiger partial charge < -0.3 is 9.88 Å². The zero-order valence-electron chi connectivity index (χ0n) is 16.0. The average molecular weight is 415 g/mol. The number of carbonyl (C=O) groups excluding carboxylic acids is 1. The van der Waals surface area contributed by atoms with E-state index in [0.717, 1.165) is 22.0 Å². The fourth-order valence-electron chi connectivity index (χ4n) is 2.51. The van der Waals surface area contributed by atoms with Gasteiger partial charge in [-0.25, -0.2) is 4.98 Å². The number of thiazole rings is 1. The van der Waals surface area contributed by atoms with Crippen molar-refractivity contribution in [3.05, 3.63) is 68.5 Å². The lowest BCUT2D eigenvalue weighted by Gasteiger charge is -2.14. The fourth-order valence-corrected chi connectivity index (χ4v) is 4.41. The lowest BCUT2D eigenvalue weighted by atomic mass is 10.2. The molecular weight excluding hydrogens is 392 g/mol. The number of nitrogens with one attached hydrogen (secondary N) is 1. The van der Waals surface area contributed by atoms with Crippen LogP contribution in [0.2, 0.25) is 0 Å². The number of hydrogen-bond donors (Lipinski definition) is 1. The Labute approximate surface area is 172 Å². The van der Waals surface area contributed by atoms with Gasteiger partial charge in [-0.05, 0) is 32.9 Å². The average Bonchev–Trinajstić information content (AvgIpc) is 3.09. The standard InChI is InChI=1S/C20H22N4O2S2/c1-13(2)24-9-8-17(25)23-20(24)28-12-16-11-27-19(22-16)10-18(26)21-15-6-4-14(3)5-7-15/h4-9,11,13H,10,12H2,1-3H3,(H,21,26). The van der Waals surface area contributed by atoms with Crippen LogP contribution in [0.25, 0.3) is 0 Å². The number of thioether (sulfide) groups is 1. The fraction of sp³-hybridized carbons (Fsp3) is 0.300. The van der Waals surface area contributed by atoms with E-state index in [1.54, 1.807) is 6.20 Å². The van der Waals surface area contributed by atoms with E-state index in [-0.39, 0.29) is 23.9 Å². The SMILES string of the molecule is Cc1ccc(NC(=O)Cc2nc(CSc3nc(=O)ccn3C(C)C)cs2)cc1. The maximum atomic E-state index is 12.2. The minimum absolute atomic E-state index is 0.0872. The number of aryl methyl sites for hydroxylation is 1. The monoisotopic (exact) mass is 414 g/mol. The predicted molar refractivity (Wildman–Crippen MR) is 114 cm³/mol. The highest BCUT2D eigenvalue weighted by Crippen LogP contribution is 2.23. The summed E-state index contributed by atoms with van der Waals surface area (Å²) in [5.41, 5.74) is 2.56. The smallest absolute Gasteiger partial charge is 0.273 e. The van der Waals surface area contributed by atoms with Crippen molar-refractivity contribution in [2.24, 2.45) is 0 Å². The summed E-state index contributed by atoms with van der Waals surface area (Å²) in [6.07, 6.45) is 2.01. The molecule has 0 saturated carbocycles. The third-order valence-electron chi connectivity index (χ3n) is 3.96. The van der Waals surface area contributed by atoms with Crippen LogP contribution in [0.1, 0.15) is 36.2 Å². The summed E-state index contributed by atoms with van der Waals surface area (Å²) >= 11 is 2.94. The molecule has 0 unspecified atom stereocenters. The first kappa shape index (κ1) is 20.3. The number of amides is 1. The van der Waals surface area contributed by atoms with E-state index in [0.29, 0.717) is 10.9 Å². The van der Waals surface area contributed by atoms with Gasteiger partial charge in [0.1, 0.15) is 5.01 Å². The van der Waals surface area contributed by atoms with E-state index >= 15 is 0 Å². The first-order chi connectivity index (χ1) is 13.4. The topological polar surface area (TPSA) is 76.9 Å². The van der Waals surface area contributed by atoms with Crippen LogP contribution in [-0.4, -0.2) is 20.4 Å². The van der Waals surface area contributed by atoms with Crippen molar-refractivity contribution < 1.29 is 4.79 Å². The molecule has 0 aliphatic carbocycles. The summed E-state index contributed by atoms with van der Waals surface area (Å²) in [7, 11) is 0. The van der Waals surface area contributed by atoms with Crippen molar-refractivity contribution in [2.75, 3.05) is 5.32 Å². The second-order valence-corrected chi connectivity index (χ2v) is 8.55. The van der Waals surface area contributed by atoms with Gasteiger partial charge in [0, 0.05) is 35.1 Å². The number of hydrogen-bond acceptors (Lipinski definition) is 6. The Hall–Kier alpha value is -2.45. The van der Waals surface area contributed by atoms with E-state index in [2.05, 4.69) is 15.3 Å². The molecule has 1 amide bonds. The molecule has 2 heterocycles. The highest BCUT2D eigenvalue weighted by Gasteiger charge is 2.11. The highest BCUT2D eigenvalue weighted by atomic mass is 32.2. The van der Waals surface area contributed by atoms with Crippen molar-refractivity contribution in [3.8, 4) is 0 Å². The number of anilines is 1. The molecule has 0 bridgehead atoms. The summed E-state index contributed by atoms with van der Waals surface area (Å²) in [6, 6.07) is 9.38. The Morgan fingerprint density at radius 3 is 2.68 bits per heavy atom. The first-order valence-corrected chi connectivity index (χ1v) is 10.8. The van der Waals surface area contributed by atoms with Crippen LogP contribution < -0.4 is 10.9 Å². The zero-order valence-corrected chi connectivity index (χ0v) is 17.6. The molecule has 1 aromatic carbocycles. The lowest BCUT2D eigenvalue weighted by Crippen LogP contribution is -2.14. The molecule has 0 saturated heterocycles. The third-order valence-corrected chi connectivity index (χ3v) is 5.85. The summed E-state index contributed by atoms with van der Waals surface area (Å²) < 4.78 is 1.97. The first-order valence-electron chi connectivity index (χ1n) is 8.92. The van der Waals surface area contributed by atoms with Crippen molar-refractivity contribution in [3.63, 3.8) is 0 Å². The van der Waals surface area contributed by atoms with Crippen LogP contribution >= 0.6 is 23.1 Å². The van der Waals surface area contributed by atoms with Crippen LogP contribution in [0.5, 0.6) is 0 Å². The van der Waals surface area contributed by atoms with E-state index in [9.17, 15) is 9.59 Å². The number of carbonyl (C=O) groups is 1. The van der Waals surface area contributed by atoms with Crippen molar-refractivity contribution in [2.45, 2.75) is 44.1 Å². The molecule has 0 fully saturated rings. The molecular formula is C20H22N4O2S2. The molecule has 0 aliphatic heterocycles. The van der Waals surface area contributed by atoms with Crippen LogP contribution in [0.15, 0.2) is 51.9 Å². The molecule has 0 atom stereocenters. The van der Waals surface area contributed by atoms with Crippen LogP contribution in [0, 0.1) is 6.92 Å². The summed E-state index contributed by atoms with van der Waals surface area (Å²) in [5.74, 6) is 0.509. The van der Waals surface area contributed by atoms with Gasteiger partial charge in [-0.3, -0.25) is 9.59 Å². The molecule has 0 spiro atoms. The van der Waals surface area contributed by atoms with E-state index in [1.807, 2.05) is 55.0 Å². The van der Waals surface area contributed by atoms with Gasteiger partial charge in [-0.1, -0.05) is 29.5 Å². The van der Waals surface area contributed by atoms with Crippen LogP contribution in [0.3, 0.4) is 0 Å².